The van der Waals surface area contributed by atoms with E-state index in [2.05, 4.69) is 0 Å². The zero-order valence-corrected chi connectivity index (χ0v) is 22.1. The molecular weight excluding hydrogens is 552 g/mol. The molecule has 1 aromatic heterocycles. The standard InChI is InChI=1S/C30H22O12/c1-2-38-29-27(13-3-19-22(6-16(13)31)35-9-32-19)28-25(14-4-20-23(36-10-33-20)7-17(14)41-28)26-15-5-21-24(37-11-34-21)8-18(15)42-30(26,29)40-12-39-29/h3-8,26-27,31H,2,9-12H2,1H3. The van der Waals surface area contributed by atoms with E-state index in [0.29, 0.717) is 57.2 Å². The lowest BCUT2D eigenvalue weighted by atomic mass is 9.67. The predicted molar refractivity (Wildman–Crippen MR) is 138 cm³/mol. The van der Waals surface area contributed by atoms with Crippen LogP contribution in [0, 0.1) is 0 Å². The number of rotatable bonds is 3. The first-order valence-electron chi connectivity index (χ1n) is 13.6. The first-order valence-corrected chi connectivity index (χ1v) is 13.6. The van der Waals surface area contributed by atoms with E-state index in [1.807, 2.05) is 19.1 Å². The Hall–Kier alpha value is -4.52. The van der Waals surface area contributed by atoms with Gasteiger partial charge >= 0.3 is 0 Å². The van der Waals surface area contributed by atoms with Crippen molar-refractivity contribution in [2.45, 2.75) is 30.3 Å². The summed E-state index contributed by atoms with van der Waals surface area (Å²) < 4.78 is 67.1. The smallest absolute Gasteiger partial charge is 0.279 e. The number of aromatic hydroxyl groups is 1. The minimum absolute atomic E-state index is 0.0415. The number of benzene rings is 3. The van der Waals surface area contributed by atoms with Crippen LogP contribution in [0.25, 0.3) is 11.0 Å². The number of phenols is 1. The van der Waals surface area contributed by atoms with E-state index in [1.54, 1.807) is 18.2 Å². The second-order valence-electron chi connectivity index (χ2n) is 10.7. The summed E-state index contributed by atoms with van der Waals surface area (Å²) in [5.74, 6) is -0.328. The van der Waals surface area contributed by atoms with E-state index in [1.165, 1.54) is 6.07 Å². The number of hydrogen-bond acceptors (Lipinski definition) is 12. The van der Waals surface area contributed by atoms with Gasteiger partial charge in [0.05, 0.1) is 5.92 Å². The average molecular weight is 574 g/mol. The molecule has 42 heavy (non-hydrogen) atoms. The molecule has 3 aromatic carbocycles. The van der Waals surface area contributed by atoms with Gasteiger partial charge in [0, 0.05) is 46.9 Å². The number of furan rings is 1. The first kappa shape index (κ1) is 23.1. The Balaban J connectivity index is 1.32. The monoisotopic (exact) mass is 574 g/mol. The highest BCUT2D eigenvalue weighted by Crippen LogP contribution is 2.69. The molecule has 6 aliphatic rings. The van der Waals surface area contributed by atoms with Crippen molar-refractivity contribution in [3.05, 3.63) is 58.8 Å². The number of ether oxygens (including phenoxy) is 10. The fourth-order valence-electron chi connectivity index (χ4n) is 7.27. The molecule has 12 nitrogen and oxygen atoms in total. The van der Waals surface area contributed by atoms with Crippen molar-refractivity contribution in [3.8, 4) is 46.0 Å². The van der Waals surface area contributed by atoms with Gasteiger partial charge in [0.15, 0.2) is 41.3 Å². The van der Waals surface area contributed by atoms with Crippen molar-refractivity contribution in [3.63, 3.8) is 0 Å². The molecule has 1 aliphatic carbocycles. The Labute approximate surface area is 237 Å². The van der Waals surface area contributed by atoms with Gasteiger partial charge in [-0.3, -0.25) is 0 Å². The minimum Gasteiger partial charge on any atom is -0.507 e. The lowest BCUT2D eigenvalue weighted by Gasteiger charge is -2.48. The Morgan fingerprint density at radius 1 is 0.714 bits per heavy atom. The summed E-state index contributed by atoms with van der Waals surface area (Å²) in [6.45, 7) is 2.25. The topological polar surface area (TPSA) is 126 Å². The van der Waals surface area contributed by atoms with Gasteiger partial charge in [0.25, 0.3) is 11.6 Å². The molecule has 1 N–H and O–H groups in total. The van der Waals surface area contributed by atoms with Gasteiger partial charge in [0.1, 0.15) is 28.8 Å². The fraction of sp³-hybridized carbons (Fsp3) is 0.333. The second-order valence-corrected chi connectivity index (χ2v) is 10.7. The van der Waals surface area contributed by atoms with Crippen molar-refractivity contribution < 1.29 is 56.9 Å². The Kier molecular flexibility index (Phi) is 4.21. The third kappa shape index (κ3) is 2.60. The molecular formula is C30H22O12. The summed E-state index contributed by atoms with van der Waals surface area (Å²) in [6, 6.07) is 10.7. The normalized spacial score (nSPS) is 28.4. The maximum Gasteiger partial charge on any atom is 0.279 e. The molecule has 6 heterocycles. The van der Waals surface area contributed by atoms with E-state index in [9.17, 15) is 5.11 Å². The molecule has 5 aliphatic heterocycles. The van der Waals surface area contributed by atoms with Gasteiger partial charge in [-0.05, 0) is 25.1 Å². The fourth-order valence-corrected chi connectivity index (χ4v) is 7.27. The van der Waals surface area contributed by atoms with Crippen LogP contribution in [0.1, 0.15) is 41.2 Å². The largest absolute Gasteiger partial charge is 0.507 e. The third-order valence-electron chi connectivity index (χ3n) is 8.86. The van der Waals surface area contributed by atoms with Crippen LogP contribution in [-0.4, -0.2) is 50.5 Å². The van der Waals surface area contributed by atoms with Gasteiger partial charge in [-0.2, -0.15) is 0 Å². The van der Waals surface area contributed by atoms with Crippen LogP contribution in [0.15, 0.2) is 40.8 Å². The van der Waals surface area contributed by atoms with E-state index in [0.717, 1.165) is 16.5 Å². The van der Waals surface area contributed by atoms with Gasteiger partial charge in [0.2, 0.25) is 20.4 Å². The summed E-state index contributed by atoms with van der Waals surface area (Å²) in [7, 11) is 0. The Morgan fingerprint density at radius 3 is 2.10 bits per heavy atom. The Bertz CT molecular complexity index is 1850. The van der Waals surface area contributed by atoms with Crippen molar-refractivity contribution in [2.24, 2.45) is 0 Å². The van der Waals surface area contributed by atoms with E-state index in [4.69, 9.17) is 51.8 Å². The lowest BCUT2D eigenvalue weighted by molar-refractivity contribution is -0.311. The molecule has 0 amide bonds. The molecule has 4 atom stereocenters. The van der Waals surface area contributed by atoms with Crippen LogP contribution in [0.2, 0.25) is 0 Å². The Morgan fingerprint density at radius 2 is 1.36 bits per heavy atom. The zero-order chi connectivity index (χ0) is 27.8. The highest BCUT2D eigenvalue weighted by molar-refractivity contribution is 5.89. The molecule has 0 radical (unpaired) electrons. The van der Waals surface area contributed by atoms with Crippen molar-refractivity contribution in [2.75, 3.05) is 33.8 Å². The SMILES string of the molecule is CCOC12OCOC13Oc1cc4c(cc1C3c1c(oc3cc5c(cc13)OCO5)C2c1cc2c(cc1O)OCO2)OCO4. The molecule has 12 heteroatoms. The number of fused-ring (bicyclic) bond motifs is 9. The number of phenolic OH excluding ortho intramolecular Hbond substituents is 1. The molecule has 10 rings (SSSR count). The maximum atomic E-state index is 11.4. The highest BCUT2D eigenvalue weighted by atomic mass is 16.9. The lowest BCUT2D eigenvalue weighted by Crippen LogP contribution is -2.64. The van der Waals surface area contributed by atoms with Gasteiger partial charge < -0.3 is 56.9 Å². The zero-order valence-electron chi connectivity index (χ0n) is 22.1. The molecule has 1 fully saturated rings. The van der Waals surface area contributed by atoms with Gasteiger partial charge in [-0.25, -0.2) is 0 Å². The van der Waals surface area contributed by atoms with Crippen molar-refractivity contribution in [1.82, 2.24) is 0 Å². The van der Waals surface area contributed by atoms with E-state index in [-0.39, 0.29) is 39.5 Å². The molecule has 0 bridgehead atoms. The summed E-state index contributed by atoms with van der Waals surface area (Å²) in [4.78, 5) is 0. The molecule has 0 saturated carbocycles. The van der Waals surface area contributed by atoms with Crippen molar-refractivity contribution in [1.29, 1.82) is 0 Å². The second kappa shape index (κ2) is 7.65. The average Bonchev–Trinajstić information content (AvgIpc) is 3.81. The quantitative estimate of drug-likeness (QED) is 0.372. The van der Waals surface area contributed by atoms with Crippen LogP contribution < -0.4 is 33.2 Å². The summed E-state index contributed by atoms with van der Waals surface area (Å²) in [5.41, 5.74) is 2.57. The van der Waals surface area contributed by atoms with E-state index >= 15 is 0 Å². The predicted octanol–water partition coefficient (Wildman–Crippen LogP) is 4.43. The number of hydrogen-bond donors (Lipinski definition) is 1. The van der Waals surface area contributed by atoms with Gasteiger partial charge in [-0.15, -0.1) is 0 Å². The maximum absolute atomic E-state index is 11.4. The van der Waals surface area contributed by atoms with Crippen molar-refractivity contribution >= 4 is 11.0 Å². The first-order chi connectivity index (χ1) is 20.6. The van der Waals surface area contributed by atoms with E-state index < -0.39 is 23.4 Å². The minimum atomic E-state index is -1.60. The van der Waals surface area contributed by atoms with Gasteiger partial charge in [-0.1, -0.05) is 0 Å². The van der Waals surface area contributed by atoms with Crippen LogP contribution in [0.3, 0.4) is 0 Å². The summed E-state index contributed by atoms with van der Waals surface area (Å²) in [6.07, 6.45) is 0. The van der Waals surface area contributed by atoms with Crippen LogP contribution in [-0.2, 0) is 14.2 Å². The highest BCUT2D eigenvalue weighted by Gasteiger charge is 2.77. The molecule has 1 spiro atoms. The summed E-state index contributed by atoms with van der Waals surface area (Å²) in [5, 5.41) is 12.2. The molecule has 1 saturated heterocycles. The van der Waals surface area contributed by atoms with Crippen LogP contribution >= 0.6 is 0 Å². The molecule has 4 unspecified atom stereocenters. The van der Waals surface area contributed by atoms with Crippen LogP contribution in [0.4, 0.5) is 0 Å². The molecule has 214 valence electrons. The third-order valence-corrected chi connectivity index (χ3v) is 8.86. The summed E-state index contributed by atoms with van der Waals surface area (Å²) >= 11 is 0. The van der Waals surface area contributed by atoms with Crippen LogP contribution in [0.5, 0.6) is 46.0 Å². The molecule has 4 aromatic rings.